The lowest BCUT2D eigenvalue weighted by Crippen LogP contribution is -2.21. The summed E-state index contributed by atoms with van der Waals surface area (Å²) in [5.74, 6) is 1.47. The van der Waals surface area contributed by atoms with Crippen LogP contribution in [0.3, 0.4) is 0 Å². The zero-order valence-corrected chi connectivity index (χ0v) is 14.6. The normalized spacial score (nSPS) is 11.2. The predicted octanol–water partition coefficient (Wildman–Crippen LogP) is 3.38. The van der Waals surface area contributed by atoms with Crippen molar-refractivity contribution in [1.29, 1.82) is 0 Å². The molecule has 0 aliphatic rings. The van der Waals surface area contributed by atoms with Gasteiger partial charge in [-0.1, -0.05) is 18.2 Å². The van der Waals surface area contributed by atoms with Crippen molar-refractivity contribution < 1.29 is 9.47 Å². The molecule has 0 spiro atoms. The molecule has 0 amide bonds. The van der Waals surface area contributed by atoms with E-state index in [0.717, 1.165) is 46.3 Å². The summed E-state index contributed by atoms with van der Waals surface area (Å²) in [6.07, 6.45) is 0. The second-order valence-electron chi connectivity index (χ2n) is 5.96. The number of nitrogens with one attached hydrogen (secondary N) is 1. The van der Waals surface area contributed by atoms with Gasteiger partial charge < -0.3 is 19.7 Å². The monoisotopic (exact) mass is 325 g/mol. The van der Waals surface area contributed by atoms with Crippen molar-refractivity contribution in [2.24, 2.45) is 0 Å². The second kappa shape index (κ2) is 6.93. The number of hydrogen-bond acceptors (Lipinski definition) is 5. The van der Waals surface area contributed by atoms with Gasteiger partial charge in [0.05, 0.1) is 25.4 Å². The van der Waals surface area contributed by atoms with E-state index in [1.807, 2.05) is 30.3 Å². The Labute approximate surface area is 142 Å². The fourth-order valence-corrected chi connectivity index (χ4v) is 2.80. The molecule has 1 aromatic heterocycles. The lowest BCUT2D eigenvalue weighted by atomic mass is 10.1. The summed E-state index contributed by atoms with van der Waals surface area (Å²) < 4.78 is 11.0. The minimum absolute atomic E-state index is 0.714. The summed E-state index contributed by atoms with van der Waals surface area (Å²) in [5.41, 5.74) is 2.85. The Morgan fingerprint density at radius 2 is 1.83 bits per heavy atom. The standard InChI is InChI=1S/C19H23N3O2/c1-22(2)10-9-20-18-14-7-5-6-8-16(14)21-19-15(18)11-13(23-3)12-17(19)24-4/h5-8,11-12H,9-10H2,1-4H3,(H,20,21). The zero-order valence-electron chi connectivity index (χ0n) is 14.6. The van der Waals surface area contributed by atoms with Crippen LogP contribution < -0.4 is 14.8 Å². The van der Waals surface area contributed by atoms with Crippen LogP contribution >= 0.6 is 0 Å². The van der Waals surface area contributed by atoms with E-state index >= 15 is 0 Å². The molecule has 24 heavy (non-hydrogen) atoms. The van der Waals surface area contributed by atoms with E-state index in [9.17, 15) is 0 Å². The fraction of sp³-hybridized carbons (Fsp3) is 0.316. The maximum absolute atomic E-state index is 5.54. The minimum Gasteiger partial charge on any atom is -0.497 e. The van der Waals surface area contributed by atoms with Crippen molar-refractivity contribution in [2.45, 2.75) is 0 Å². The van der Waals surface area contributed by atoms with Gasteiger partial charge in [-0.25, -0.2) is 4.98 Å². The third-order valence-electron chi connectivity index (χ3n) is 4.04. The van der Waals surface area contributed by atoms with Gasteiger partial charge >= 0.3 is 0 Å². The molecule has 3 rings (SSSR count). The van der Waals surface area contributed by atoms with E-state index in [1.165, 1.54) is 0 Å². The van der Waals surface area contributed by atoms with Crippen LogP contribution in [0.15, 0.2) is 36.4 Å². The number of pyridine rings is 1. The molecule has 0 bridgehead atoms. The number of ether oxygens (including phenoxy) is 2. The average molecular weight is 325 g/mol. The van der Waals surface area contributed by atoms with Crippen molar-refractivity contribution >= 4 is 27.5 Å². The van der Waals surface area contributed by atoms with Gasteiger partial charge in [0.2, 0.25) is 0 Å². The summed E-state index contributed by atoms with van der Waals surface area (Å²) in [7, 11) is 7.45. The second-order valence-corrected chi connectivity index (χ2v) is 5.96. The molecule has 126 valence electrons. The highest BCUT2D eigenvalue weighted by Gasteiger charge is 2.14. The number of rotatable bonds is 6. The summed E-state index contributed by atoms with van der Waals surface area (Å²) in [4.78, 5) is 6.95. The van der Waals surface area contributed by atoms with Crippen molar-refractivity contribution in [1.82, 2.24) is 9.88 Å². The first kappa shape index (κ1) is 16.3. The van der Waals surface area contributed by atoms with Crippen molar-refractivity contribution in [3.8, 4) is 11.5 Å². The number of nitrogens with zero attached hydrogens (tertiary/aromatic N) is 2. The first-order valence-electron chi connectivity index (χ1n) is 7.97. The Bertz CT molecular complexity index is 862. The van der Waals surface area contributed by atoms with Crippen LogP contribution in [0.25, 0.3) is 21.8 Å². The molecule has 1 heterocycles. The highest BCUT2D eigenvalue weighted by Crippen LogP contribution is 2.37. The summed E-state index contributed by atoms with van der Waals surface area (Å²) >= 11 is 0. The van der Waals surface area contributed by atoms with E-state index < -0.39 is 0 Å². The van der Waals surface area contributed by atoms with Gasteiger partial charge in [-0.15, -0.1) is 0 Å². The third-order valence-corrected chi connectivity index (χ3v) is 4.04. The van der Waals surface area contributed by atoms with Gasteiger partial charge in [-0.05, 0) is 26.2 Å². The number of benzene rings is 2. The Morgan fingerprint density at radius 1 is 1.04 bits per heavy atom. The predicted molar refractivity (Wildman–Crippen MR) is 99.4 cm³/mol. The zero-order chi connectivity index (χ0) is 17.1. The molecular formula is C19H23N3O2. The first-order valence-corrected chi connectivity index (χ1v) is 7.97. The van der Waals surface area contributed by atoms with Gasteiger partial charge in [-0.3, -0.25) is 0 Å². The average Bonchev–Trinajstić information content (AvgIpc) is 2.60. The molecular weight excluding hydrogens is 302 g/mol. The lowest BCUT2D eigenvalue weighted by molar-refractivity contribution is 0.397. The topological polar surface area (TPSA) is 46.6 Å². The number of likely N-dealkylation sites (N-methyl/N-ethyl adjacent to an activating group) is 1. The van der Waals surface area contributed by atoms with E-state index in [1.54, 1.807) is 14.2 Å². The van der Waals surface area contributed by atoms with E-state index in [0.29, 0.717) is 5.75 Å². The third kappa shape index (κ3) is 3.08. The summed E-state index contributed by atoms with van der Waals surface area (Å²) in [5, 5.41) is 5.67. The maximum Gasteiger partial charge on any atom is 0.148 e. The highest BCUT2D eigenvalue weighted by atomic mass is 16.5. The Balaban J connectivity index is 2.24. The van der Waals surface area contributed by atoms with Crippen LogP contribution in [0.2, 0.25) is 0 Å². The summed E-state index contributed by atoms with van der Waals surface area (Å²) in [6, 6.07) is 12.0. The first-order chi connectivity index (χ1) is 11.6. The lowest BCUT2D eigenvalue weighted by Gasteiger charge is -2.17. The fourth-order valence-electron chi connectivity index (χ4n) is 2.80. The molecule has 0 aliphatic carbocycles. The van der Waals surface area contributed by atoms with Gasteiger partial charge in [0.25, 0.3) is 0 Å². The highest BCUT2D eigenvalue weighted by molar-refractivity contribution is 6.09. The van der Waals surface area contributed by atoms with E-state index in [-0.39, 0.29) is 0 Å². The molecule has 0 saturated heterocycles. The van der Waals surface area contributed by atoms with Gasteiger partial charge in [0.15, 0.2) is 0 Å². The number of fused-ring (bicyclic) bond motifs is 2. The minimum atomic E-state index is 0.714. The van der Waals surface area contributed by atoms with Crippen LogP contribution in [-0.2, 0) is 0 Å². The number of methoxy groups -OCH3 is 2. The molecule has 0 unspecified atom stereocenters. The molecule has 5 nitrogen and oxygen atoms in total. The van der Waals surface area contributed by atoms with E-state index in [4.69, 9.17) is 14.5 Å². The molecule has 2 aromatic carbocycles. The number of aromatic nitrogens is 1. The number of anilines is 1. The van der Waals surface area contributed by atoms with Crippen LogP contribution in [0.5, 0.6) is 11.5 Å². The molecule has 0 aliphatic heterocycles. The molecule has 1 N–H and O–H groups in total. The molecule has 5 heteroatoms. The molecule has 0 saturated carbocycles. The Hall–Kier alpha value is -2.53. The maximum atomic E-state index is 5.54. The molecule has 0 atom stereocenters. The number of hydrogen-bond donors (Lipinski definition) is 1. The molecule has 0 radical (unpaired) electrons. The Morgan fingerprint density at radius 3 is 2.54 bits per heavy atom. The largest absolute Gasteiger partial charge is 0.497 e. The van der Waals surface area contributed by atoms with Crippen LogP contribution in [0.4, 0.5) is 5.69 Å². The number of para-hydroxylation sites is 1. The van der Waals surface area contributed by atoms with Gasteiger partial charge in [0, 0.05) is 29.9 Å². The quantitative estimate of drug-likeness (QED) is 0.704. The molecule has 3 aromatic rings. The van der Waals surface area contributed by atoms with Crippen molar-refractivity contribution in [3.63, 3.8) is 0 Å². The van der Waals surface area contributed by atoms with Crippen LogP contribution in [0.1, 0.15) is 0 Å². The van der Waals surface area contributed by atoms with Gasteiger partial charge in [0.1, 0.15) is 17.0 Å². The van der Waals surface area contributed by atoms with Crippen LogP contribution in [-0.4, -0.2) is 51.3 Å². The van der Waals surface area contributed by atoms with Gasteiger partial charge in [-0.2, -0.15) is 0 Å². The SMILES string of the molecule is COc1cc(OC)c2nc3ccccc3c(NCCN(C)C)c2c1. The molecule has 0 fully saturated rings. The van der Waals surface area contributed by atoms with Crippen molar-refractivity contribution in [2.75, 3.05) is 46.7 Å². The smallest absolute Gasteiger partial charge is 0.148 e. The van der Waals surface area contributed by atoms with Crippen molar-refractivity contribution in [3.05, 3.63) is 36.4 Å². The van der Waals surface area contributed by atoms with E-state index in [2.05, 4.69) is 30.4 Å². The van der Waals surface area contributed by atoms with Crippen LogP contribution in [0, 0.1) is 0 Å². The summed E-state index contributed by atoms with van der Waals surface area (Å²) in [6.45, 7) is 1.79. The Kier molecular flexibility index (Phi) is 4.71.